The maximum absolute atomic E-state index is 9.54. The molecule has 0 bridgehead atoms. The summed E-state index contributed by atoms with van der Waals surface area (Å²) in [7, 11) is 0. The quantitative estimate of drug-likeness (QED) is 0.491. The average molecular weight is 144 g/mol. The van der Waals surface area contributed by atoms with Gasteiger partial charge >= 0.3 is 0 Å². The van der Waals surface area contributed by atoms with E-state index in [1.807, 2.05) is 13.8 Å². The highest BCUT2D eigenvalue weighted by molar-refractivity contribution is 4.97. The molecular weight excluding hydrogens is 132 g/mol. The molecule has 2 unspecified atom stereocenters. The molecule has 0 aliphatic carbocycles. The summed E-state index contributed by atoms with van der Waals surface area (Å²) in [6, 6.07) is 0. The zero-order valence-electron chi connectivity index (χ0n) is 6.20. The van der Waals surface area contributed by atoms with E-state index in [-0.39, 0.29) is 23.9 Å². The van der Waals surface area contributed by atoms with Crippen LogP contribution in [0.15, 0.2) is 0 Å². The summed E-state index contributed by atoms with van der Waals surface area (Å²) in [5.41, 5.74) is -0.141. The molecule has 0 aromatic heterocycles. The van der Waals surface area contributed by atoms with Crippen molar-refractivity contribution in [2.75, 3.05) is 6.61 Å². The van der Waals surface area contributed by atoms with E-state index in [0.29, 0.717) is 6.61 Å². The molecular formula is C7H12O3. The predicted octanol–water partition coefficient (Wildman–Crippen LogP) is 0.129. The molecule has 0 aromatic rings. The van der Waals surface area contributed by atoms with Gasteiger partial charge in [0.15, 0.2) is 6.29 Å². The second kappa shape index (κ2) is 1.72. The Hall–Kier alpha value is -0.120. The minimum Gasteiger partial charge on any atom is -0.390 e. The van der Waals surface area contributed by atoms with Gasteiger partial charge in [0, 0.05) is 5.41 Å². The zero-order valence-corrected chi connectivity index (χ0v) is 6.20. The van der Waals surface area contributed by atoms with E-state index in [4.69, 9.17) is 9.47 Å². The van der Waals surface area contributed by atoms with Crippen LogP contribution in [0.2, 0.25) is 0 Å². The molecule has 0 radical (unpaired) electrons. The van der Waals surface area contributed by atoms with Crippen molar-refractivity contribution in [1.82, 2.24) is 0 Å². The number of aliphatic hydroxyl groups is 1. The van der Waals surface area contributed by atoms with Crippen molar-refractivity contribution >= 4 is 0 Å². The van der Waals surface area contributed by atoms with Crippen molar-refractivity contribution in [1.29, 1.82) is 0 Å². The Morgan fingerprint density at radius 2 is 2.20 bits per heavy atom. The number of hydrogen-bond donors (Lipinski definition) is 1. The SMILES string of the molecule is CC1(C)COC2OC2[C@@H]1O. The van der Waals surface area contributed by atoms with Crippen LogP contribution in [0, 0.1) is 5.41 Å². The largest absolute Gasteiger partial charge is 0.390 e. The first-order chi connectivity index (χ1) is 4.61. The van der Waals surface area contributed by atoms with Crippen LogP contribution in [0.5, 0.6) is 0 Å². The Kier molecular flexibility index (Phi) is 1.14. The van der Waals surface area contributed by atoms with Crippen molar-refractivity contribution in [2.45, 2.75) is 32.3 Å². The van der Waals surface area contributed by atoms with Gasteiger partial charge in [-0.15, -0.1) is 0 Å². The third kappa shape index (κ3) is 0.779. The van der Waals surface area contributed by atoms with Crippen LogP contribution in [0.4, 0.5) is 0 Å². The van der Waals surface area contributed by atoms with Gasteiger partial charge in [0.05, 0.1) is 12.7 Å². The van der Waals surface area contributed by atoms with Crippen molar-refractivity contribution in [3.8, 4) is 0 Å². The molecule has 3 heteroatoms. The maximum atomic E-state index is 9.54. The van der Waals surface area contributed by atoms with E-state index in [9.17, 15) is 5.11 Å². The zero-order chi connectivity index (χ0) is 7.35. The number of rotatable bonds is 0. The third-order valence-corrected chi connectivity index (χ3v) is 2.21. The van der Waals surface area contributed by atoms with Crippen LogP contribution in [0.25, 0.3) is 0 Å². The number of epoxide rings is 1. The molecule has 0 amide bonds. The number of aliphatic hydroxyl groups excluding tert-OH is 1. The maximum Gasteiger partial charge on any atom is 0.187 e. The molecule has 0 spiro atoms. The summed E-state index contributed by atoms with van der Waals surface area (Å²) in [6.45, 7) is 4.56. The van der Waals surface area contributed by atoms with E-state index >= 15 is 0 Å². The molecule has 10 heavy (non-hydrogen) atoms. The average Bonchev–Trinajstić information content (AvgIpc) is 2.58. The Labute approximate surface area is 59.9 Å². The fraction of sp³-hybridized carbons (Fsp3) is 1.00. The van der Waals surface area contributed by atoms with Crippen molar-refractivity contribution in [3.63, 3.8) is 0 Å². The van der Waals surface area contributed by atoms with Crippen LogP contribution >= 0.6 is 0 Å². The first-order valence-corrected chi connectivity index (χ1v) is 3.56. The molecule has 2 aliphatic heterocycles. The molecule has 3 nitrogen and oxygen atoms in total. The van der Waals surface area contributed by atoms with Gasteiger partial charge in [-0.2, -0.15) is 0 Å². The summed E-state index contributed by atoms with van der Waals surface area (Å²) in [6.07, 6.45) is -0.516. The van der Waals surface area contributed by atoms with Gasteiger partial charge in [-0.05, 0) is 0 Å². The van der Waals surface area contributed by atoms with E-state index in [1.165, 1.54) is 0 Å². The molecule has 2 heterocycles. The molecule has 2 aliphatic rings. The van der Waals surface area contributed by atoms with Crippen LogP contribution in [0.3, 0.4) is 0 Å². The normalized spacial score (nSPS) is 50.1. The van der Waals surface area contributed by atoms with E-state index in [2.05, 4.69) is 0 Å². The standard InChI is InChI=1S/C7H12O3/c1-7(2)3-9-6-4(10-6)5(7)8/h4-6,8H,3H2,1-2H3/t4?,5-,6?/m0/s1. The third-order valence-electron chi connectivity index (χ3n) is 2.21. The first-order valence-electron chi connectivity index (χ1n) is 3.56. The van der Waals surface area contributed by atoms with Gasteiger partial charge < -0.3 is 14.6 Å². The lowest BCUT2D eigenvalue weighted by atomic mass is 9.84. The van der Waals surface area contributed by atoms with E-state index in [0.717, 1.165) is 0 Å². The van der Waals surface area contributed by atoms with E-state index < -0.39 is 0 Å². The highest BCUT2D eigenvalue weighted by Gasteiger charge is 2.55. The minimum absolute atomic E-state index is 0.0521. The predicted molar refractivity (Wildman–Crippen MR) is 34.4 cm³/mol. The molecule has 0 aromatic carbocycles. The first kappa shape index (κ1) is 6.58. The summed E-state index contributed by atoms with van der Waals surface area (Å²) in [5.74, 6) is 0. The lowest BCUT2D eigenvalue weighted by Crippen LogP contribution is -2.42. The second-order valence-corrected chi connectivity index (χ2v) is 3.71. The van der Waals surface area contributed by atoms with Gasteiger partial charge in [0.2, 0.25) is 0 Å². The molecule has 2 rings (SSSR count). The van der Waals surface area contributed by atoms with Crippen molar-refractivity contribution < 1.29 is 14.6 Å². The lowest BCUT2D eigenvalue weighted by molar-refractivity contribution is -0.0716. The summed E-state index contributed by atoms with van der Waals surface area (Å²) < 4.78 is 10.3. The van der Waals surface area contributed by atoms with Crippen molar-refractivity contribution in [2.24, 2.45) is 5.41 Å². The summed E-state index contributed by atoms with van der Waals surface area (Å²) in [5, 5.41) is 9.54. The topological polar surface area (TPSA) is 42.0 Å². The Balaban J connectivity index is 2.11. The molecule has 2 saturated heterocycles. The second-order valence-electron chi connectivity index (χ2n) is 3.71. The van der Waals surface area contributed by atoms with Gasteiger partial charge in [-0.25, -0.2) is 0 Å². The lowest BCUT2D eigenvalue weighted by Gasteiger charge is -2.31. The molecule has 3 atom stereocenters. The smallest absolute Gasteiger partial charge is 0.187 e. The minimum atomic E-state index is -0.355. The Morgan fingerprint density at radius 3 is 2.80 bits per heavy atom. The highest BCUT2D eigenvalue weighted by atomic mass is 16.8. The van der Waals surface area contributed by atoms with Crippen LogP contribution < -0.4 is 0 Å². The van der Waals surface area contributed by atoms with Crippen molar-refractivity contribution in [3.05, 3.63) is 0 Å². The van der Waals surface area contributed by atoms with Gasteiger partial charge in [0.1, 0.15) is 6.10 Å². The van der Waals surface area contributed by atoms with Gasteiger partial charge in [-0.3, -0.25) is 0 Å². The van der Waals surface area contributed by atoms with Crippen LogP contribution in [-0.2, 0) is 9.47 Å². The molecule has 1 N–H and O–H groups in total. The van der Waals surface area contributed by atoms with E-state index in [1.54, 1.807) is 0 Å². The highest BCUT2D eigenvalue weighted by Crippen LogP contribution is 2.41. The van der Waals surface area contributed by atoms with Crippen LogP contribution in [0.1, 0.15) is 13.8 Å². The number of hydrogen-bond acceptors (Lipinski definition) is 3. The molecule has 0 saturated carbocycles. The fourth-order valence-corrected chi connectivity index (χ4v) is 1.29. The molecule has 2 fully saturated rings. The monoisotopic (exact) mass is 144 g/mol. The van der Waals surface area contributed by atoms with Gasteiger partial charge in [0.25, 0.3) is 0 Å². The Bertz CT molecular complexity index is 155. The van der Waals surface area contributed by atoms with Crippen LogP contribution in [-0.4, -0.2) is 30.2 Å². The number of ether oxygens (including phenoxy) is 2. The summed E-state index contributed by atoms with van der Waals surface area (Å²) >= 11 is 0. The molecule has 58 valence electrons. The number of fused-ring (bicyclic) bond motifs is 1. The fourth-order valence-electron chi connectivity index (χ4n) is 1.29. The Morgan fingerprint density at radius 1 is 1.50 bits per heavy atom. The summed E-state index contributed by atoms with van der Waals surface area (Å²) in [4.78, 5) is 0. The van der Waals surface area contributed by atoms with Gasteiger partial charge in [-0.1, -0.05) is 13.8 Å².